The Balaban J connectivity index is 1.58. The molecule has 0 saturated heterocycles. The molecule has 1 N–H and O–H groups in total. The average Bonchev–Trinajstić information content (AvgIpc) is 3.24. The van der Waals surface area contributed by atoms with Crippen molar-refractivity contribution in [3.63, 3.8) is 0 Å². The molecule has 2 saturated carbocycles. The number of benzene rings is 1. The van der Waals surface area contributed by atoms with Crippen molar-refractivity contribution >= 4 is 10.0 Å². The molecule has 2 aliphatic carbocycles. The SMILES string of the molecule is Cc1cc(S(=O)(=O)N[C@@H]2C[C@H]3CC[C@@H]2C3)ccc1-n1cnnn1. The minimum atomic E-state index is -3.49. The summed E-state index contributed by atoms with van der Waals surface area (Å²) in [5, 5.41) is 11.0. The van der Waals surface area contributed by atoms with Crippen LogP contribution in [0.1, 0.15) is 31.2 Å². The van der Waals surface area contributed by atoms with E-state index in [0.717, 1.165) is 24.1 Å². The standard InChI is InChI=1S/C15H19N5O2S/c1-10-6-13(4-5-15(10)20-9-16-18-19-20)23(21,22)17-14-8-11-2-3-12(14)7-11/h4-6,9,11-12,14,17H,2-3,7-8H2,1H3/t11-,12+,14+/m0/s1. The maximum atomic E-state index is 12.7. The summed E-state index contributed by atoms with van der Waals surface area (Å²) in [4.78, 5) is 0.301. The molecule has 2 aliphatic rings. The molecular formula is C15H19N5O2S. The Morgan fingerprint density at radius 2 is 2.13 bits per heavy atom. The van der Waals surface area contributed by atoms with Gasteiger partial charge in [0.25, 0.3) is 0 Å². The second-order valence-electron chi connectivity index (χ2n) is 6.61. The summed E-state index contributed by atoms with van der Waals surface area (Å²) in [6.07, 6.45) is 6.04. The van der Waals surface area contributed by atoms with Crippen LogP contribution in [0, 0.1) is 18.8 Å². The number of aryl methyl sites for hydroxylation is 1. The number of tetrazole rings is 1. The summed E-state index contributed by atoms with van der Waals surface area (Å²) in [7, 11) is -3.49. The van der Waals surface area contributed by atoms with Gasteiger partial charge in [-0.25, -0.2) is 17.8 Å². The summed E-state index contributed by atoms with van der Waals surface area (Å²) in [5.74, 6) is 1.22. The van der Waals surface area contributed by atoms with Gasteiger partial charge in [0.2, 0.25) is 10.0 Å². The van der Waals surface area contributed by atoms with Gasteiger partial charge in [-0.3, -0.25) is 0 Å². The van der Waals surface area contributed by atoms with E-state index in [0.29, 0.717) is 16.7 Å². The molecule has 4 rings (SSSR count). The van der Waals surface area contributed by atoms with E-state index in [1.165, 1.54) is 23.9 Å². The smallest absolute Gasteiger partial charge is 0.208 e. The van der Waals surface area contributed by atoms with Crippen LogP contribution in [0.3, 0.4) is 0 Å². The first-order valence-electron chi connectivity index (χ1n) is 7.89. The van der Waals surface area contributed by atoms with E-state index in [2.05, 4.69) is 20.2 Å². The summed E-state index contributed by atoms with van der Waals surface area (Å²) in [6, 6.07) is 5.12. The molecule has 2 aromatic rings. The Bertz CT molecular complexity index is 818. The van der Waals surface area contributed by atoms with Crippen LogP contribution in [-0.2, 0) is 10.0 Å². The van der Waals surface area contributed by atoms with Crippen LogP contribution in [0.25, 0.3) is 5.69 Å². The van der Waals surface area contributed by atoms with E-state index in [1.807, 2.05) is 6.92 Å². The first kappa shape index (κ1) is 14.8. The molecule has 23 heavy (non-hydrogen) atoms. The van der Waals surface area contributed by atoms with Crippen molar-refractivity contribution in [2.75, 3.05) is 0 Å². The third-order valence-electron chi connectivity index (χ3n) is 5.12. The Hall–Kier alpha value is -1.80. The minimum Gasteiger partial charge on any atom is -0.208 e. The van der Waals surface area contributed by atoms with Crippen LogP contribution >= 0.6 is 0 Å². The summed E-state index contributed by atoms with van der Waals surface area (Å²) < 4.78 is 29.7. The van der Waals surface area contributed by atoms with Crippen LogP contribution < -0.4 is 4.72 Å². The summed E-state index contributed by atoms with van der Waals surface area (Å²) in [5.41, 5.74) is 1.59. The molecule has 0 radical (unpaired) electrons. The van der Waals surface area contributed by atoms with Gasteiger partial charge in [0, 0.05) is 6.04 Å². The van der Waals surface area contributed by atoms with Gasteiger partial charge in [-0.05, 0) is 72.2 Å². The molecular weight excluding hydrogens is 314 g/mol. The van der Waals surface area contributed by atoms with Crippen LogP contribution in [0.15, 0.2) is 29.4 Å². The van der Waals surface area contributed by atoms with Crippen molar-refractivity contribution in [3.8, 4) is 5.69 Å². The summed E-state index contributed by atoms with van der Waals surface area (Å²) in [6.45, 7) is 1.85. The quantitative estimate of drug-likeness (QED) is 0.914. The molecule has 2 bridgehead atoms. The van der Waals surface area contributed by atoms with E-state index in [-0.39, 0.29) is 6.04 Å². The van der Waals surface area contributed by atoms with E-state index in [1.54, 1.807) is 18.2 Å². The molecule has 3 atom stereocenters. The second kappa shape index (κ2) is 5.38. The molecule has 0 aliphatic heterocycles. The lowest BCUT2D eigenvalue weighted by Gasteiger charge is -2.23. The van der Waals surface area contributed by atoms with Gasteiger partial charge in [-0.1, -0.05) is 6.42 Å². The molecule has 8 heteroatoms. The van der Waals surface area contributed by atoms with Gasteiger partial charge in [0.15, 0.2) is 0 Å². The Morgan fingerprint density at radius 1 is 1.26 bits per heavy atom. The van der Waals surface area contributed by atoms with Crippen molar-refractivity contribution in [2.24, 2.45) is 11.8 Å². The van der Waals surface area contributed by atoms with E-state index in [9.17, 15) is 8.42 Å². The Labute approximate surface area is 135 Å². The molecule has 7 nitrogen and oxygen atoms in total. The fraction of sp³-hybridized carbons (Fsp3) is 0.533. The van der Waals surface area contributed by atoms with Crippen molar-refractivity contribution < 1.29 is 8.42 Å². The highest BCUT2D eigenvalue weighted by atomic mass is 32.2. The van der Waals surface area contributed by atoms with Crippen molar-refractivity contribution in [3.05, 3.63) is 30.1 Å². The van der Waals surface area contributed by atoms with Crippen molar-refractivity contribution in [1.29, 1.82) is 0 Å². The first-order valence-corrected chi connectivity index (χ1v) is 9.37. The number of rotatable bonds is 4. The highest BCUT2D eigenvalue weighted by molar-refractivity contribution is 7.89. The lowest BCUT2D eigenvalue weighted by atomic mass is 9.96. The molecule has 122 valence electrons. The van der Waals surface area contributed by atoms with Crippen molar-refractivity contribution in [1.82, 2.24) is 24.9 Å². The average molecular weight is 333 g/mol. The van der Waals surface area contributed by atoms with Crippen LogP contribution in [0.4, 0.5) is 0 Å². The molecule has 0 unspecified atom stereocenters. The zero-order valence-corrected chi connectivity index (χ0v) is 13.7. The first-order chi connectivity index (χ1) is 11.0. The number of nitrogens with one attached hydrogen (secondary N) is 1. The third-order valence-corrected chi connectivity index (χ3v) is 6.61. The molecule has 0 amide bonds. The minimum absolute atomic E-state index is 0.0956. The lowest BCUT2D eigenvalue weighted by Crippen LogP contribution is -2.38. The maximum Gasteiger partial charge on any atom is 0.240 e. The van der Waals surface area contributed by atoms with Crippen molar-refractivity contribution in [2.45, 2.75) is 43.5 Å². The molecule has 1 heterocycles. The lowest BCUT2D eigenvalue weighted by molar-refractivity contribution is 0.390. The number of hydrogen-bond donors (Lipinski definition) is 1. The zero-order chi connectivity index (χ0) is 16.0. The molecule has 1 aromatic heterocycles. The maximum absolute atomic E-state index is 12.7. The van der Waals surface area contributed by atoms with Gasteiger partial charge in [0.05, 0.1) is 10.6 Å². The molecule has 2 fully saturated rings. The van der Waals surface area contributed by atoms with Gasteiger partial charge in [-0.2, -0.15) is 0 Å². The van der Waals surface area contributed by atoms with Crippen LogP contribution in [-0.4, -0.2) is 34.7 Å². The van der Waals surface area contributed by atoms with E-state index < -0.39 is 10.0 Å². The van der Waals surface area contributed by atoms with Gasteiger partial charge >= 0.3 is 0 Å². The van der Waals surface area contributed by atoms with Gasteiger partial charge in [-0.15, -0.1) is 5.10 Å². The number of hydrogen-bond acceptors (Lipinski definition) is 5. The third kappa shape index (κ3) is 2.66. The monoisotopic (exact) mass is 333 g/mol. The predicted molar refractivity (Wildman–Crippen MR) is 83.4 cm³/mol. The number of aromatic nitrogens is 4. The van der Waals surface area contributed by atoms with Crippen LogP contribution in [0.5, 0.6) is 0 Å². The highest BCUT2D eigenvalue weighted by Crippen LogP contribution is 2.44. The Kier molecular flexibility index (Phi) is 3.46. The van der Waals surface area contributed by atoms with E-state index >= 15 is 0 Å². The predicted octanol–water partition coefficient (Wildman–Crippen LogP) is 1.44. The largest absolute Gasteiger partial charge is 0.240 e. The van der Waals surface area contributed by atoms with Crippen LogP contribution in [0.2, 0.25) is 0 Å². The van der Waals surface area contributed by atoms with Gasteiger partial charge in [0.1, 0.15) is 6.33 Å². The normalized spacial score (nSPS) is 26.7. The number of sulfonamides is 1. The summed E-state index contributed by atoms with van der Waals surface area (Å²) >= 11 is 0. The topological polar surface area (TPSA) is 89.8 Å². The second-order valence-corrected chi connectivity index (χ2v) is 8.32. The fourth-order valence-electron chi connectivity index (χ4n) is 3.98. The van der Waals surface area contributed by atoms with E-state index in [4.69, 9.17) is 0 Å². The Morgan fingerprint density at radius 3 is 2.74 bits per heavy atom. The zero-order valence-electron chi connectivity index (χ0n) is 12.9. The number of nitrogens with zero attached hydrogens (tertiary/aromatic N) is 4. The fourth-order valence-corrected chi connectivity index (χ4v) is 5.38. The van der Waals surface area contributed by atoms with Gasteiger partial charge < -0.3 is 0 Å². The highest BCUT2D eigenvalue weighted by Gasteiger charge is 2.41. The molecule has 1 aromatic carbocycles. The number of fused-ring (bicyclic) bond motifs is 2. The molecule has 0 spiro atoms.